The Balaban J connectivity index is 0.00000320. The van der Waals surface area contributed by atoms with Gasteiger partial charge in [-0.15, -0.1) is 24.0 Å². The maximum Gasteiger partial charge on any atom is 0.193 e. The summed E-state index contributed by atoms with van der Waals surface area (Å²) in [7, 11) is 0. The number of nitrogens with one attached hydrogen (secondary N) is 1. The summed E-state index contributed by atoms with van der Waals surface area (Å²) in [4.78, 5) is 9.97. The van der Waals surface area contributed by atoms with Gasteiger partial charge >= 0.3 is 0 Å². The molecule has 0 aliphatic carbocycles. The molecule has 3 aliphatic rings. The van der Waals surface area contributed by atoms with Crippen LogP contribution in [0.2, 0.25) is 0 Å². The van der Waals surface area contributed by atoms with Gasteiger partial charge in [0.1, 0.15) is 0 Å². The van der Waals surface area contributed by atoms with Gasteiger partial charge < -0.3 is 24.6 Å². The highest BCUT2D eigenvalue weighted by Crippen LogP contribution is 2.18. The molecule has 3 fully saturated rings. The van der Waals surface area contributed by atoms with Crippen molar-refractivity contribution in [3.63, 3.8) is 0 Å². The summed E-state index contributed by atoms with van der Waals surface area (Å²) in [6.07, 6.45) is 13.3. The van der Waals surface area contributed by atoms with Crippen LogP contribution in [-0.2, 0) is 9.47 Å². The Hall–Kier alpha value is -0.120. The van der Waals surface area contributed by atoms with Crippen molar-refractivity contribution in [3.05, 3.63) is 0 Å². The van der Waals surface area contributed by atoms with Gasteiger partial charge in [-0.2, -0.15) is 0 Å². The molecule has 30 heavy (non-hydrogen) atoms. The van der Waals surface area contributed by atoms with E-state index in [4.69, 9.17) is 14.5 Å². The summed E-state index contributed by atoms with van der Waals surface area (Å²) in [5.41, 5.74) is 0. The van der Waals surface area contributed by atoms with Crippen molar-refractivity contribution in [1.29, 1.82) is 0 Å². The van der Waals surface area contributed by atoms with E-state index in [9.17, 15) is 0 Å². The van der Waals surface area contributed by atoms with Gasteiger partial charge in [0.25, 0.3) is 0 Å². The number of halogens is 1. The highest BCUT2D eigenvalue weighted by Gasteiger charge is 2.24. The van der Waals surface area contributed by atoms with E-state index in [0.29, 0.717) is 12.2 Å². The average molecular weight is 537 g/mol. The molecule has 1 N–H and O–H groups in total. The first-order valence-electron chi connectivity index (χ1n) is 12.3. The lowest BCUT2D eigenvalue weighted by molar-refractivity contribution is -0.0367. The van der Waals surface area contributed by atoms with Crippen molar-refractivity contribution in [2.75, 3.05) is 59.0 Å². The monoisotopic (exact) mass is 536 g/mol. The van der Waals surface area contributed by atoms with Crippen molar-refractivity contribution < 1.29 is 9.47 Å². The third kappa shape index (κ3) is 9.57. The number of unbranched alkanes of at least 4 members (excludes halogenated alkanes) is 2. The predicted octanol–water partition coefficient (Wildman–Crippen LogP) is 3.89. The normalized spacial score (nSPS) is 24.1. The standard InChI is InChI=1S/C23H44N4O2.HI/c1-2-24-23(25-13-5-3-6-14-26-15-7-4-8-16-26)27-17-11-21(12-18-27)29-20-22-10-9-19-28-22;/h21-22H,2-20H2,1H3,(H,24,25);1H. The van der Waals surface area contributed by atoms with E-state index in [1.54, 1.807) is 0 Å². The van der Waals surface area contributed by atoms with Gasteiger partial charge in [0.05, 0.1) is 18.8 Å². The number of rotatable bonds is 10. The SMILES string of the molecule is CCNC(=NCCCCCN1CCCCC1)N1CCC(OCC2CCCO2)CC1.I. The van der Waals surface area contributed by atoms with Crippen LogP contribution in [0.5, 0.6) is 0 Å². The molecule has 176 valence electrons. The Morgan fingerprint density at radius 2 is 1.80 bits per heavy atom. The van der Waals surface area contributed by atoms with Gasteiger partial charge in [0.15, 0.2) is 5.96 Å². The Kier molecular flexibility index (Phi) is 13.6. The van der Waals surface area contributed by atoms with Gasteiger partial charge in [0, 0.05) is 32.8 Å². The molecule has 7 heteroatoms. The van der Waals surface area contributed by atoms with Crippen molar-refractivity contribution in [1.82, 2.24) is 15.1 Å². The van der Waals surface area contributed by atoms with Crippen LogP contribution in [0.15, 0.2) is 4.99 Å². The molecule has 3 rings (SSSR count). The van der Waals surface area contributed by atoms with Crippen LogP contribution in [0.4, 0.5) is 0 Å². The van der Waals surface area contributed by atoms with Crippen molar-refractivity contribution in [3.8, 4) is 0 Å². The van der Waals surface area contributed by atoms with Crippen LogP contribution in [0.25, 0.3) is 0 Å². The molecule has 1 unspecified atom stereocenters. The first kappa shape index (κ1) is 26.1. The lowest BCUT2D eigenvalue weighted by Crippen LogP contribution is -2.47. The molecule has 0 saturated carbocycles. The molecule has 0 aromatic rings. The molecule has 0 spiro atoms. The number of hydrogen-bond donors (Lipinski definition) is 1. The highest BCUT2D eigenvalue weighted by atomic mass is 127. The summed E-state index contributed by atoms with van der Waals surface area (Å²) in [6.45, 7) is 11.7. The first-order valence-corrected chi connectivity index (χ1v) is 12.3. The number of aliphatic imine (C=N–C) groups is 1. The number of nitrogens with zero attached hydrogens (tertiary/aromatic N) is 3. The first-order chi connectivity index (χ1) is 14.3. The van der Waals surface area contributed by atoms with Gasteiger partial charge in [0.2, 0.25) is 0 Å². The molecule has 0 radical (unpaired) electrons. The van der Waals surface area contributed by atoms with Crippen molar-refractivity contribution in [2.45, 2.75) is 83.3 Å². The minimum Gasteiger partial charge on any atom is -0.376 e. The topological polar surface area (TPSA) is 49.3 Å². The lowest BCUT2D eigenvalue weighted by Gasteiger charge is -2.34. The third-order valence-corrected chi connectivity index (χ3v) is 6.46. The van der Waals surface area contributed by atoms with Gasteiger partial charge in [-0.3, -0.25) is 4.99 Å². The van der Waals surface area contributed by atoms with E-state index in [-0.39, 0.29) is 24.0 Å². The quantitative estimate of drug-likeness (QED) is 0.199. The zero-order valence-electron chi connectivity index (χ0n) is 19.2. The second-order valence-corrected chi connectivity index (χ2v) is 8.85. The third-order valence-electron chi connectivity index (χ3n) is 6.46. The van der Waals surface area contributed by atoms with E-state index < -0.39 is 0 Å². The zero-order valence-corrected chi connectivity index (χ0v) is 21.5. The van der Waals surface area contributed by atoms with E-state index >= 15 is 0 Å². The van der Waals surface area contributed by atoms with Crippen molar-refractivity contribution in [2.24, 2.45) is 4.99 Å². The molecule has 0 amide bonds. The minimum absolute atomic E-state index is 0. The highest BCUT2D eigenvalue weighted by molar-refractivity contribution is 14.0. The van der Waals surface area contributed by atoms with E-state index in [0.717, 1.165) is 64.6 Å². The maximum atomic E-state index is 6.11. The number of ether oxygens (including phenoxy) is 2. The van der Waals surface area contributed by atoms with Gasteiger partial charge in [-0.25, -0.2) is 0 Å². The van der Waals surface area contributed by atoms with Gasteiger partial charge in [-0.05, 0) is 77.9 Å². The van der Waals surface area contributed by atoms with Crippen molar-refractivity contribution >= 4 is 29.9 Å². The van der Waals surface area contributed by atoms with E-state index in [2.05, 4.69) is 22.0 Å². The fourth-order valence-corrected chi connectivity index (χ4v) is 4.67. The maximum absolute atomic E-state index is 6.11. The number of likely N-dealkylation sites (tertiary alicyclic amines) is 2. The summed E-state index contributed by atoms with van der Waals surface area (Å²) in [5.74, 6) is 1.10. The van der Waals surface area contributed by atoms with E-state index in [1.807, 2.05) is 0 Å². The Morgan fingerprint density at radius 1 is 1.00 bits per heavy atom. The largest absolute Gasteiger partial charge is 0.376 e. The second kappa shape index (κ2) is 15.6. The summed E-state index contributed by atoms with van der Waals surface area (Å²) < 4.78 is 11.8. The molecular weight excluding hydrogens is 491 g/mol. The Labute approximate surface area is 201 Å². The molecule has 6 nitrogen and oxygen atoms in total. The van der Waals surface area contributed by atoms with Gasteiger partial charge in [-0.1, -0.05) is 12.8 Å². The Morgan fingerprint density at radius 3 is 2.50 bits per heavy atom. The number of piperidine rings is 2. The van der Waals surface area contributed by atoms with Crippen LogP contribution >= 0.6 is 24.0 Å². The molecular formula is C23H45IN4O2. The lowest BCUT2D eigenvalue weighted by atomic mass is 10.1. The molecule has 3 aliphatic heterocycles. The number of guanidine groups is 1. The minimum atomic E-state index is 0. The molecule has 0 bridgehead atoms. The van der Waals surface area contributed by atoms with Crippen LogP contribution in [0.1, 0.15) is 71.1 Å². The van der Waals surface area contributed by atoms with Crippen LogP contribution < -0.4 is 5.32 Å². The fourth-order valence-electron chi connectivity index (χ4n) is 4.67. The second-order valence-electron chi connectivity index (χ2n) is 8.85. The summed E-state index contributed by atoms with van der Waals surface area (Å²) >= 11 is 0. The van der Waals surface area contributed by atoms with E-state index in [1.165, 1.54) is 64.6 Å². The zero-order chi connectivity index (χ0) is 20.2. The van der Waals surface area contributed by atoms with Crippen LogP contribution in [-0.4, -0.2) is 87.0 Å². The van der Waals surface area contributed by atoms with Crippen LogP contribution in [0, 0.1) is 0 Å². The molecule has 3 heterocycles. The predicted molar refractivity (Wildman–Crippen MR) is 135 cm³/mol. The summed E-state index contributed by atoms with van der Waals surface area (Å²) in [6, 6.07) is 0. The molecule has 0 aromatic heterocycles. The smallest absolute Gasteiger partial charge is 0.193 e. The summed E-state index contributed by atoms with van der Waals surface area (Å²) in [5, 5.41) is 3.49. The average Bonchev–Trinajstić information content (AvgIpc) is 3.29. The Bertz CT molecular complexity index is 460. The fraction of sp³-hybridized carbons (Fsp3) is 0.957. The van der Waals surface area contributed by atoms with Crippen LogP contribution in [0.3, 0.4) is 0 Å². The molecule has 3 saturated heterocycles. The molecule has 1 atom stereocenters. The number of hydrogen-bond acceptors (Lipinski definition) is 4. The molecule has 0 aromatic carbocycles.